The molecule has 1 saturated heterocycles. The summed E-state index contributed by atoms with van der Waals surface area (Å²) in [5.41, 5.74) is 0. The number of hydrogen-bond acceptors (Lipinski definition) is 4. The number of alkyl halides is 2. The van der Waals surface area contributed by atoms with E-state index in [0.717, 1.165) is 0 Å². The normalized spacial score (nSPS) is 23.5. The van der Waals surface area contributed by atoms with Crippen molar-refractivity contribution in [2.24, 2.45) is 5.92 Å². The first-order valence-corrected chi connectivity index (χ1v) is 6.35. The molecule has 0 aromatic heterocycles. The molecule has 0 saturated carbocycles. The van der Waals surface area contributed by atoms with Gasteiger partial charge in [0.15, 0.2) is 0 Å². The molecule has 0 bridgehead atoms. The van der Waals surface area contributed by atoms with E-state index in [1.54, 1.807) is 6.92 Å². The smallest absolute Gasteiger partial charge is 0.310 e. The molecule has 0 aromatic carbocycles. The molecule has 1 aliphatic rings. The first-order valence-electron chi connectivity index (χ1n) is 6.35. The second-order valence-corrected chi connectivity index (χ2v) is 4.60. The van der Waals surface area contributed by atoms with Crippen molar-refractivity contribution in [1.82, 2.24) is 10.2 Å². The Morgan fingerprint density at radius 1 is 1.42 bits per heavy atom. The highest BCUT2D eigenvalue weighted by Gasteiger charge is 2.33. The van der Waals surface area contributed by atoms with Gasteiger partial charge in [-0.3, -0.25) is 9.59 Å². The third kappa shape index (κ3) is 4.74. The van der Waals surface area contributed by atoms with Crippen molar-refractivity contribution in [3.8, 4) is 0 Å². The van der Waals surface area contributed by atoms with Crippen LogP contribution in [0.4, 0.5) is 8.78 Å². The van der Waals surface area contributed by atoms with Gasteiger partial charge in [0.2, 0.25) is 5.91 Å². The number of methoxy groups -OCH3 is 1. The summed E-state index contributed by atoms with van der Waals surface area (Å²) in [6.07, 6.45) is -1.71. The first kappa shape index (κ1) is 15.8. The van der Waals surface area contributed by atoms with Crippen molar-refractivity contribution in [1.29, 1.82) is 0 Å². The number of carbonyl (C=O) groups is 2. The number of esters is 1. The lowest BCUT2D eigenvalue weighted by atomic mass is 9.94. The molecule has 0 radical (unpaired) electrons. The molecule has 1 N–H and O–H groups in total. The summed E-state index contributed by atoms with van der Waals surface area (Å²) < 4.78 is 29.1. The summed E-state index contributed by atoms with van der Waals surface area (Å²) in [5.74, 6) is -0.945. The van der Waals surface area contributed by atoms with E-state index in [1.165, 1.54) is 12.0 Å². The van der Waals surface area contributed by atoms with Crippen LogP contribution in [0.25, 0.3) is 0 Å². The van der Waals surface area contributed by atoms with Gasteiger partial charge in [-0.25, -0.2) is 8.78 Å². The van der Waals surface area contributed by atoms with Gasteiger partial charge in [-0.15, -0.1) is 0 Å². The maximum absolute atomic E-state index is 12.2. The zero-order valence-corrected chi connectivity index (χ0v) is 11.2. The molecule has 1 aliphatic heterocycles. The number of likely N-dealkylation sites (tertiary alicyclic amines) is 1. The van der Waals surface area contributed by atoms with Crippen molar-refractivity contribution < 1.29 is 23.1 Å². The Labute approximate surface area is 111 Å². The molecule has 1 rings (SSSR count). The van der Waals surface area contributed by atoms with Gasteiger partial charge >= 0.3 is 5.97 Å². The van der Waals surface area contributed by atoms with Crippen molar-refractivity contribution in [3.05, 3.63) is 0 Å². The first-order chi connectivity index (χ1) is 8.97. The van der Waals surface area contributed by atoms with Gasteiger partial charge in [-0.2, -0.15) is 0 Å². The van der Waals surface area contributed by atoms with Crippen LogP contribution in [-0.4, -0.2) is 56.0 Å². The van der Waals surface area contributed by atoms with Gasteiger partial charge in [-0.05, 0) is 6.42 Å². The molecule has 1 amide bonds. The third-order valence-corrected chi connectivity index (χ3v) is 3.20. The monoisotopic (exact) mass is 278 g/mol. The number of amides is 1. The van der Waals surface area contributed by atoms with Gasteiger partial charge in [0, 0.05) is 25.6 Å². The van der Waals surface area contributed by atoms with Crippen LogP contribution in [0.15, 0.2) is 0 Å². The van der Waals surface area contributed by atoms with E-state index >= 15 is 0 Å². The van der Waals surface area contributed by atoms with Crippen molar-refractivity contribution >= 4 is 11.9 Å². The Balaban J connectivity index is 2.66. The van der Waals surface area contributed by atoms with E-state index in [2.05, 4.69) is 10.1 Å². The molecule has 5 nitrogen and oxygen atoms in total. The second kappa shape index (κ2) is 7.37. The van der Waals surface area contributed by atoms with E-state index < -0.39 is 24.9 Å². The number of carbonyl (C=O) groups excluding carboxylic acids is 2. The predicted octanol–water partition coefficient (Wildman–Crippen LogP) is 0.641. The Hall–Kier alpha value is -1.24. The largest absolute Gasteiger partial charge is 0.469 e. The Morgan fingerprint density at radius 3 is 2.63 bits per heavy atom. The van der Waals surface area contributed by atoms with Crippen LogP contribution in [0.2, 0.25) is 0 Å². The minimum absolute atomic E-state index is 0.0857. The number of rotatable bonds is 5. The highest BCUT2D eigenvalue weighted by Crippen LogP contribution is 2.19. The molecular formula is C12H20F2N2O3. The third-order valence-electron chi connectivity index (χ3n) is 3.20. The van der Waals surface area contributed by atoms with Crippen LogP contribution in [0.5, 0.6) is 0 Å². The summed E-state index contributed by atoms with van der Waals surface area (Å²) in [5, 5.41) is 2.69. The SMILES string of the molecule is CCC(=O)N1CC(NCC(F)F)CC(C(=O)OC)C1. The summed E-state index contributed by atoms with van der Waals surface area (Å²) >= 11 is 0. The van der Waals surface area contributed by atoms with E-state index in [4.69, 9.17) is 0 Å². The van der Waals surface area contributed by atoms with Crippen molar-refractivity contribution in [2.75, 3.05) is 26.7 Å². The Bertz CT molecular complexity index is 302. The van der Waals surface area contributed by atoms with Crippen molar-refractivity contribution in [2.45, 2.75) is 32.2 Å². The minimum atomic E-state index is -2.45. The number of nitrogens with zero attached hydrogens (tertiary/aromatic N) is 1. The summed E-state index contributed by atoms with van der Waals surface area (Å²) in [7, 11) is 1.28. The Morgan fingerprint density at radius 2 is 2.11 bits per heavy atom. The van der Waals surface area contributed by atoms with Gasteiger partial charge < -0.3 is 15.0 Å². The van der Waals surface area contributed by atoms with Gasteiger partial charge in [0.1, 0.15) is 0 Å². The van der Waals surface area contributed by atoms with Gasteiger partial charge in [0.25, 0.3) is 6.43 Å². The molecule has 110 valence electrons. The fourth-order valence-corrected chi connectivity index (χ4v) is 2.27. The molecule has 0 aromatic rings. The number of nitrogens with one attached hydrogen (secondary N) is 1. The van der Waals surface area contributed by atoms with Crippen LogP contribution >= 0.6 is 0 Å². The summed E-state index contributed by atoms with van der Waals surface area (Å²) in [4.78, 5) is 24.8. The van der Waals surface area contributed by atoms with E-state index in [-0.39, 0.29) is 11.9 Å². The second-order valence-electron chi connectivity index (χ2n) is 4.60. The zero-order valence-electron chi connectivity index (χ0n) is 11.2. The number of hydrogen-bond donors (Lipinski definition) is 1. The number of piperidine rings is 1. The zero-order chi connectivity index (χ0) is 14.4. The molecule has 2 atom stereocenters. The van der Waals surface area contributed by atoms with E-state index in [1.807, 2.05) is 0 Å². The minimum Gasteiger partial charge on any atom is -0.469 e. The molecule has 1 fully saturated rings. The molecule has 0 spiro atoms. The molecule has 7 heteroatoms. The lowest BCUT2D eigenvalue weighted by Gasteiger charge is -2.37. The van der Waals surface area contributed by atoms with Crippen LogP contribution < -0.4 is 5.32 Å². The summed E-state index contributed by atoms with van der Waals surface area (Å²) in [6, 6.07) is -0.303. The van der Waals surface area contributed by atoms with Crippen LogP contribution in [0, 0.1) is 5.92 Å². The topological polar surface area (TPSA) is 58.6 Å². The summed E-state index contributed by atoms with van der Waals surface area (Å²) in [6.45, 7) is 1.94. The average Bonchev–Trinajstić information content (AvgIpc) is 2.42. The standard InChI is InChI=1S/C12H20F2N2O3/c1-3-11(17)16-6-8(12(18)19-2)4-9(7-16)15-5-10(13)14/h8-10,15H,3-7H2,1-2H3. The fraction of sp³-hybridized carbons (Fsp3) is 0.833. The average molecular weight is 278 g/mol. The lowest BCUT2D eigenvalue weighted by Crippen LogP contribution is -2.53. The van der Waals surface area contributed by atoms with Crippen molar-refractivity contribution in [3.63, 3.8) is 0 Å². The maximum atomic E-state index is 12.2. The fourth-order valence-electron chi connectivity index (χ4n) is 2.27. The quantitative estimate of drug-likeness (QED) is 0.750. The van der Waals surface area contributed by atoms with Crippen LogP contribution in [0.1, 0.15) is 19.8 Å². The Kier molecular flexibility index (Phi) is 6.14. The van der Waals surface area contributed by atoms with Crippen LogP contribution in [0.3, 0.4) is 0 Å². The molecule has 1 heterocycles. The maximum Gasteiger partial charge on any atom is 0.310 e. The van der Waals surface area contributed by atoms with Crippen LogP contribution in [-0.2, 0) is 14.3 Å². The molecule has 2 unspecified atom stereocenters. The highest BCUT2D eigenvalue weighted by molar-refractivity contribution is 5.78. The lowest BCUT2D eigenvalue weighted by molar-refractivity contribution is -0.149. The molecule has 19 heavy (non-hydrogen) atoms. The van der Waals surface area contributed by atoms with E-state index in [9.17, 15) is 18.4 Å². The molecular weight excluding hydrogens is 258 g/mol. The van der Waals surface area contributed by atoms with Gasteiger partial charge in [0.05, 0.1) is 19.6 Å². The number of ether oxygens (including phenoxy) is 1. The number of halogens is 2. The highest BCUT2D eigenvalue weighted by atomic mass is 19.3. The molecule has 0 aliphatic carbocycles. The van der Waals surface area contributed by atoms with E-state index in [0.29, 0.717) is 25.9 Å². The van der Waals surface area contributed by atoms with Gasteiger partial charge in [-0.1, -0.05) is 6.92 Å². The predicted molar refractivity (Wildman–Crippen MR) is 64.8 cm³/mol.